The number of aromatic nitrogens is 1. The molecule has 3 aliphatic rings. The van der Waals surface area contributed by atoms with Gasteiger partial charge in [0, 0.05) is 17.2 Å². The first-order valence-electron chi connectivity index (χ1n) is 9.82. The van der Waals surface area contributed by atoms with E-state index in [0.717, 1.165) is 16.4 Å². The van der Waals surface area contributed by atoms with Gasteiger partial charge in [0.1, 0.15) is 0 Å². The molecular formula is C25H19N3S. The van der Waals surface area contributed by atoms with Crippen molar-refractivity contribution in [1.82, 2.24) is 4.98 Å². The van der Waals surface area contributed by atoms with Gasteiger partial charge < -0.3 is 0 Å². The molecule has 4 heteroatoms. The maximum Gasteiger partial charge on any atom is 0.203 e. The first-order chi connectivity index (χ1) is 14.3. The second kappa shape index (κ2) is 6.39. The first kappa shape index (κ1) is 16.7. The Balaban J connectivity index is 1.41. The van der Waals surface area contributed by atoms with E-state index in [-0.39, 0.29) is 0 Å². The number of rotatable bonds is 3. The summed E-state index contributed by atoms with van der Waals surface area (Å²) in [6.07, 6.45) is 1.89. The molecule has 2 bridgehead atoms. The standard InChI is InChI=1S/C25H19N3S/c1-15-14-29-25(27-15)28-26-13-16-10-11-21-22(12-16)24-19-8-4-2-6-17(19)23(21)18-7-3-5-9-20(18)24/h2-14,23-24H,1H3,(H,27,28). The maximum absolute atomic E-state index is 4.40. The van der Waals surface area contributed by atoms with Crippen molar-refractivity contribution >= 4 is 22.7 Å². The Morgan fingerprint density at radius 1 is 0.828 bits per heavy atom. The Morgan fingerprint density at radius 2 is 1.41 bits per heavy atom. The van der Waals surface area contributed by atoms with Crippen molar-refractivity contribution in [1.29, 1.82) is 0 Å². The Morgan fingerprint density at radius 3 is 2.00 bits per heavy atom. The third-order valence-electron chi connectivity index (χ3n) is 5.96. The summed E-state index contributed by atoms with van der Waals surface area (Å²) < 4.78 is 0. The lowest BCUT2D eigenvalue weighted by molar-refractivity contribution is 0.754. The van der Waals surface area contributed by atoms with Gasteiger partial charge in [0.15, 0.2) is 0 Å². The molecule has 0 aliphatic heterocycles. The predicted octanol–water partition coefficient (Wildman–Crippen LogP) is 5.88. The van der Waals surface area contributed by atoms with Crippen molar-refractivity contribution in [3.63, 3.8) is 0 Å². The fourth-order valence-corrected chi connectivity index (χ4v) is 5.47. The van der Waals surface area contributed by atoms with Crippen LogP contribution in [0.3, 0.4) is 0 Å². The quantitative estimate of drug-likeness (QED) is 0.301. The number of nitrogens with zero attached hydrogens (tertiary/aromatic N) is 2. The molecule has 1 N–H and O–H groups in total. The molecule has 140 valence electrons. The molecule has 4 aromatic rings. The SMILES string of the molecule is Cc1csc(NN=Cc2ccc3c(c2)C2c4ccccc4C3c3ccccc32)n1. The number of aryl methyl sites for hydroxylation is 1. The molecular weight excluding hydrogens is 374 g/mol. The lowest BCUT2D eigenvalue weighted by atomic mass is 9.61. The average Bonchev–Trinajstić information content (AvgIpc) is 3.18. The van der Waals surface area contributed by atoms with Gasteiger partial charge in [0.05, 0.1) is 11.9 Å². The van der Waals surface area contributed by atoms with E-state index >= 15 is 0 Å². The largest absolute Gasteiger partial charge is 0.253 e. The van der Waals surface area contributed by atoms with Gasteiger partial charge in [-0.05, 0) is 51.9 Å². The van der Waals surface area contributed by atoms with Crippen LogP contribution in [0.2, 0.25) is 0 Å². The van der Waals surface area contributed by atoms with Crippen LogP contribution in [0.15, 0.2) is 77.2 Å². The summed E-state index contributed by atoms with van der Waals surface area (Å²) >= 11 is 1.57. The average molecular weight is 394 g/mol. The number of nitrogens with one attached hydrogen (secondary N) is 1. The molecule has 0 spiro atoms. The summed E-state index contributed by atoms with van der Waals surface area (Å²) in [5.41, 5.74) is 13.8. The number of hydrazone groups is 1. The predicted molar refractivity (Wildman–Crippen MR) is 119 cm³/mol. The summed E-state index contributed by atoms with van der Waals surface area (Å²) in [6.45, 7) is 1.99. The summed E-state index contributed by atoms with van der Waals surface area (Å²) in [4.78, 5) is 4.39. The minimum absolute atomic E-state index is 0.297. The topological polar surface area (TPSA) is 37.3 Å². The van der Waals surface area contributed by atoms with Gasteiger partial charge in [-0.1, -0.05) is 60.7 Å². The second-order valence-electron chi connectivity index (χ2n) is 7.68. The van der Waals surface area contributed by atoms with E-state index in [1.807, 2.05) is 18.5 Å². The van der Waals surface area contributed by atoms with Crippen LogP contribution >= 0.6 is 11.3 Å². The van der Waals surface area contributed by atoms with E-state index in [4.69, 9.17) is 0 Å². The molecule has 0 radical (unpaired) electrons. The molecule has 3 nitrogen and oxygen atoms in total. The van der Waals surface area contributed by atoms with E-state index in [9.17, 15) is 0 Å². The van der Waals surface area contributed by atoms with Crippen LogP contribution in [0, 0.1) is 6.92 Å². The number of thiazole rings is 1. The van der Waals surface area contributed by atoms with Crippen LogP contribution in [0.4, 0.5) is 5.13 Å². The zero-order valence-corrected chi connectivity index (χ0v) is 16.8. The number of hydrogen-bond acceptors (Lipinski definition) is 4. The molecule has 3 aliphatic carbocycles. The Kier molecular flexibility index (Phi) is 3.68. The first-order valence-corrected chi connectivity index (χ1v) is 10.7. The second-order valence-corrected chi connectivity index (χ2v) is 8.53. The van der Waals surface area contributed by atoms with Gasteiger partial charge in [0.2, 0.25) is 5.13 Å². The highest BCUT2D eigenvalue weighted by Crippen LogP contribution is 2.55. The van der Waals surface area contributed by atoms with Crippen molar-refractivity contribution in [2.75, 3.05) is 5.43 Å². The molecule has 1 heterocycles. The van der Waals surface area contributed by atoms with Gasteiger partial charge in [0.25, 0.3) is 0 Å². The smallest absolute Gasteiger partial charge is 0.203 e. The fraction of sp³-hybridized carbons (Fsp3) is 0.120. The van der Waals surface area contributed by atoms with Crippen LogP contribution in [0.5, 0.6) is 0 Å². The van der Waals surface area contributed by atoms with Gasteiger partial charge in [-0.25, -0.2) is 4.98 Å². The van der Waals surface area contributed by atoms with Gasteiger partial charge in [-0.15, -0.1) is 11.3 Å². The van der Waals surface area contributed by atoms with E-state index in [0.29, 0.717) is 11.8 Å². The minimum atomic E-state index is 0.297. The van der Waals surface area contributed by atoms with Crippen molar-refractivity contribution in [2.24, 2.45) is 5.10 Å². The summed E-state index contributed by atoms with van der Waals surface area (Å²) in [5.74, 6) is 0.620. The maximum atomic E-state index is 4.40. The number of anilines is 1. The van der Waals surface area contributed by atoms with E-state index in [1.165, 1.54) is 33.4 Å². The highest BCUT2D eigenvalue weighted by Gasteiger charge is 2.40. The molecule has 3 aromatic carbocycles. The normalized spacial score (nSPS) is 18.4. The van der Waals surface area contributed by atoms with Crippen LogP contribution in [0.1, 0.15) is 56.5 Å². The Labute approximate surface area is 173 Å². The van der Waals surface area contributed by atoms with Crippen LogP contribution in [-0.2, 0) is 0 Å². The van der Waals surface area contributed by atoms with E-state index in [1.54, 1.807) is 11.3 Å². The Hall–Kier alpha value is -3.24. The highest BCUT2D eigenvalue weighted by atomic mass is 32.1. The number of benzene rings is 3. The highest BCUT2D eigenvalue weighted by molar-refractivity contribution is 7.13. The van der Waals surface area contributed by atoms with Crippen molar-refractivity contribution in [2.45, 2.75) is 18.8 Å². The van der Waals surface area contributed by atoms with Crippen LogP contribution < -0.4 is 5.43 Å². The molecule has 0 fully saturated rings. The molecule has 0 atom stereocenters. The van der Waals surface area contributed by atoms with Gasteiger partial charge >= 0.3 is 0 Å². The lowest BCUT2D eigenvalue weighted by Crippen LogP contribution is -2.27. The minimum Gasteiger partial charge on any atom is -0.253 e. The molecule has 7 rings (SSSR count). The zero-order valence-electron chi connectivity index (χ0n) is 16.0. The molecule has 0 saturated heterocycles. The lowest BCUT2D eigenvalue weighted by Gasteiger charge is -2.42. The van der Waals surface area contributed by atoms with Crippen LogP contribution in [-0.4, -0.2) is 11.2 Å². The molecule has 1 aromatic heterocycles. The van der Waals surface area contributed by atoms with Gasteiger partial charge in [-0.3, -0.25) is 5.43 Å². The van der Waals surface area contributed by atoms with Crippen LogP contribution in [0.25, 0.3) is 0 Å². The molecule has 0 unspecified atom stereocenters. The molecule has 29 heavy (non-hydrogen) atoms. The molecule has 0 saturated carbocycles. The summed E-state index contributed by atoms with van der Waals surface area (Å²) in [5, 5.41) is 7.23. The van der Waals surface area contributed by atoms with Crippen molar-refractivity contribution in [3.8, 4) is 0 Å². The summed E-state index contributed by atoms with van der Waals surface area (Å²) in [6, 6.07) is 24.6. The van der Waals surface area contributed by atoms with Crippen molar-refractivity contribution < 1.29 is 0 Å². The Bertz CT molecular complexity index is 1220. The zero-order chi connectivity index (χ0) is 19.4. The third-order valence-corrected chi connectivity index (χ3v) is 6.83. The fourth-order valence-electron chi connectivity index (χ4n) is 4.83. The summed E-state index contributed by atoms with van der Waals surface area (Å²) in [7, 11) is 0. The molecule has 0 amide bonds. The number of hydrogen-bond donors (Lipinski definition) is 1. The van der Waals surface area contributed by atoms with E-state index < -0.39 is 0 Å². The van der Waals surface area contributed by atoms with Gasteiger partial charge in [-0.2, -0.15) is 5.10 Å². The van der Waals surface area contributed by atoms with E-state index in [2.05, 4.69) is 82.2 Å². The monoisotopic (exact) mass is 393 g/mol. The third kappa shape index (κ3) is 2.56. The van der Waals surface area contributed by atoms with Crippen molar-refractivity contribution in [3.05, 3.63) is 117 Å².